The Labute approximate surface area is 207 Å². The number of esters is 1. The summed E-state index contributed by atoms with van der Waals surface area (Å²) in [6.45, 7) is 0.507. The van der Waals surface area contributed by atoms with E-state index in [0.29, 0.717) is 23.0 Å². The van der Waals surface area contributed by atoms with Gasteiger partial charge in [0.15, 0.2) is 0 Å². The molecule has 3 aromatic rings. The van der Waals surface area contributed by atoms with Crippen molar-refractivity contribution < 1.29 is 14.3 Å². The molecule has 150 valence electrons. The molecule has 0 saturated heterocycles. The first kappa shape index (κ1) is 21.4. The van der Waals surface area contributed by atoms with Crippen LogP contribution in [0.5, 0.6) is 5.75 Å². The van der Waals surface area contributed by atoms with E-state index in [0.717, 1.165) is 29.6 Å². The van der Waals surface area contributed by atoms with Gasteiger partial charge in [-0.15, -0.1) is 0 Å². The maximum atomic E-state index is 12.3. The molecule has 1 heterocycles. The van der Waals surface area contributed by atoms with Gasteiger partial charge < -0.3 is 9.47 Å². The Morgan fingerprint density at radius 3 is 2.30 bits per heavy atom. The van der Waals surface area contributed by atoms with Crippen LogP contribution in [-0.4, -0.2) is 5.97 Å². The zero-order valence-electron chi connectivity index (χ0n) is 15.6. The third-order valence-corrected chi connectivity index (χ3v) is 6.28. The fourth-order valence-electron chi connectivity index (χ4n) is 2.96. The second-order valence-electron chi connectivity index (χ2n) is 6.59. The second kappa shape index (κ2) is 9.53. The molecule has 0 radical (unpaired) electrons. The van der Waals surface area contributed by atoms with Crippen molar-refractivity contribution in [3.8, 4) is 5.75 Å². The summed E-state index contributed by atoms with van der Waals surface area (Å²) in [5.41, 5.74) is 3.34. The molecule has 1 aliphatic rings. The largest absolute Gasteiger partial charge is 0.487 e. The molecule has 0 spiro atoms. The molecular formula is C24H15ClI2O3. The molecule has 0 fully saturated rings. The van der Waals surface area contributed by atoms with E-state index in [-0.39, 0.29) is 5.97 Å². The van der Waals surface area contributed by atoms with Gasteiger partial charge >= 0.3 is 5.97 Å². The summed E-state index contributed by atoms with van der Waals surface area (Å²) < 4.78 is 13.4. The topological polar surface area (TPSA) is 35.5 Å². The molecule has 0 saturated carbocycles. The molecule has 4 rings (SSSR count). The third-order valence-electron chi connectivity index (χ3n) is 4.42. The highest BCUT2D eigenvalue weighted by atomic mass is 127. The second-order valence-corrected chi connectivity index (χ2v) is 9.35. The van der Waals surface area contributed by atoms with E-state index in [1.165, 1.54) is 0 Å². The van der Waals surface area contributed by atoms with Gasteiger partial charge in [0.2, 0.25) is 0 Å². The van der Waals surface area contributed by atoms with E-state index in [1.807, 2.05) is 60.7 Å². The minimum Gasteiger partial charge on any atom is -0.487 e. The SMILES string of the molecule is O=C1OC(c2ccc(Cl)cc2)=C/C1=C\c1cc(I)c(OCc2ccccc2)c(I)c1. The predicted molar refractivity (Wildman–Crippen MR) is 136 cm³/mol. The summed E-state index contributed by atoms with van der Waals surface area (Å²) in [6.07, 6.45) is 3.58. The smallest absolute Gasteiger partial charge is 0.343 e. The molecule has 3 nitrogen and oxygen atoms in total. The van der Waals surface area contributed by atoms with Gasteiger partial charge in [-0.05, 0) is 105 Å². The van der Waals surface area contributed by atoms with Crippen molar-refractivity contribution in [3.63, 3.8) is 0 Å². The van der Waals surface area contributed by atoms with E-state index >= 15 is 0 Å². The average Bonchev–Trinajstić information content (AvgIpc) is 3.09. The number of halogens is 3. The Balaban J connectivity index is 1.56. The number of carbonyl (C=O) groups is 1. The van der Waals surface area contributed by atoms with E-state index in [1.54, 1.807) is 18.2 Å². The van der Waals surface area contributed by atoms with Crippen LogP contribution in [0.15, 0.2) is 78.4 Å². The molecule has 0 aromatic heterocycles. The third kappa shape index (κ3) is 5.07. The minimum absolute atomic E-state index is 0.366. The van der Waals surface area contributed by atoms with Crippen LogP contribution in [0.4, 0.5) is 0 Å². The van der Waals surface area contributed by atoms with E-state index in [2.05, 4.69) is 45.2 Å². The lowest BCUT2D eigenvalue weighted by atomic mass is 10.1. The van der Waals surface area contributed by atoms with Crippen LogP contribution in [0.1, 0.15) is 16.7 Å². The van der Waals surface area contributed by atoms with E-state index in [9.17, 15) is 4.79 Å². The molecular weight excluding hydrogens is 626 g/mol. The molecule has 30 heavy (non-hydrogen) atoms. The summed E-state index contributed by atoms with van der Waals surface area (Å²) in [4.78, 5) is 12.3. The lowest BCUT2D eigenvalue weighted by Crippen LogP contribution is -2.00. The highest BCUT2D eigenvalue weighted by Crippen LogP contribution is 2.32. The Kier molecular flexibility index (Phi) is 6.80. The maximum Gasteiger partial charge on any atom is 0.343 e. The number of hydrogen-bond acceptors (Lipinski definition) is 3. The van der Waals surface area contributed by atoms with Crippen molar-refractivity contribution in [2.75, 3.05) is 0 Å². The van der Waals surface area contributed by atoms with Gasteiger partial charge in [-0.3, -0.25) is 0 Å². The van der Waals surface area contributed by atoms with Crippen LogP contribution in [0.25, 0.3) is 11.8 Å². The number of hydrogen-bond donors (Lipinski definition) is 0. The van der Waals surface area contributed by atoms with Gasteiger partial charge in [0.05, 0.1) is 12.7 Å². The van der Waals surface area contributed by atoms with Gasteiger partial charge in [-0.1, -0.05) is 41.9 Å². The molecule has 0 unspecified atom stereocenters. The maximum absolute atomic E-state index is 12.3. The lowest BCUT2D eigenvalue weighted by molar-refractivity contribution is -0.130. The lowest BCUT2D eigenvalue weighted by Gasteiger charge is -2.11. The van der Waals surface area contributed by atoms with Crippen LogP contribution >= 0.6 is 56.8 Å². The fourth-order valence-corrected chi connectivity index (χ4v) is 5.21. The highest BCUT2D eigenvalue weighted by molar-refractivity contribution is 14.1. The van der Waals surface area contributed by atoms with Gasteiger partial charge in [-0.2, -0.15) is 0 Å². The monoisotopic (exact) mass is 640 g/mol. The van der Waals surface area contributed by atoms with E-state index < -0.39 is 0 Å². The number of rotatable bonds is 5. The number of benzene rings is 3. The number of carbonyl (C=O) groups excluding carboxylic acids is 1. The van der Waals surface area contributed by atoms with Crippen LogP contribution < -0.4 is 4.74 Å². The van der Waals surface area contributed by atoms with Gasteiger partial charge in [0, 0.05) is 10.6 Å². The molecule has 6 heteroatoms. The normalized spacial score (nSPS) is 14.6. The van der Waals surface area contributed by atoms with Gasteiger partial charge in [0.25, 0.3) is 0 Å². The van der Waals surface area contributed by atoms with E-state index in [4.69, 9.17) is 21.1 Å². The van der Waals surface area contributed by atoms with Crippen molar-refractivity contribution in [1.82, 2.24) is 0 Å². The Morgan fingerprint density at radius 1 is 0.967 bits per heavy atom. The molecule has 0 N–H and O–H groups in total. The van der Waals surface area contributed by atoms with Crippen LogP contribution in [0.3, 0.4) is 0 Å². The van der Waals surface area contributed by atoms with Crippen LogP contribution in [-0.2, 0) is 16.1 Å². The molecule has 1 aliphatic heterocycles. The molecule has 0 aliphatic carbocycles. The number of cyclic esters (lactones) is 1. The minimum atomic E-state index is -0.366. The molecule has 0 amide bonds. The van der Waals surface area contributed by atoms with Gasteiger partial charge in [0.1, 0.15) is 18.1 Å². The highest BCUT2D eigenvalue weighted by Gasteiger charge is 2.22. The quantitative estimate of drug-likeness (QED) is 0.170. The first-order valence-electron chi connectivity index (χ1n) is 9.07. The van der Waals surface area contributed by atoms with Crippen molar-refractivity contribution in [3.05, 3.63) is 107 Å². The predicted octanol–water partition coefficient (Wildman–Crippen LogP) is 7.11. The average molecular weight is 641 g/mol. The molecule has 0 bridgehead atoms. The van der Waals surface area contributed by atoms with Crippen molar-refractivity contribution in [1.29, 1.82) is 0 Å². The number of ether oxygens (including phenoxy) is 2. The summed E-state index contributed by atoms with van der Waals surface area (Å²) in [6, 6.07) is 21.2. The summed E-state index contributed by atoms with van der Waals surface area (Å²) >= 11 is 10.5. The van der Waals surface area contributed by atoms with Crippen LogP contribution in [0, 0.1) is 7.14 Å². The molecule has 3 aromatic carbocycles. The summed E-state index contributed by atoms with van der Waals surface area (Å²) in [7, 11) is 0. The zero-order chi connectivity index (χ0) is 21.1. The standard InChI is InChI=1S/C24H15ClI2O3/c25-19-8-6-17(7-9-19)22-13-18(24(28)30-22)10-16-11-20(26)23(21(27)12-16)29-14-15-4-2-1-3-5-15/h1-13H,14H2/b18-10+. The Bertz CT molecular complexity index is 1130. The van der Waals surface area contributed by atoms with Crippen molar-refractivity contribution in [2.24, 2.45) is 0 Å². The Morgan fingerprint density at radius 2 is 1.63 bits per heavy atom. The van der Waals surface area contributed by atoms with Gasteiger partial charge in [-0.25, -0.2) is 4.79 Å². The summed E-state index contributed by atoms with van der Waals surface area (Å²) in [5, 5.41) is 0.637. The van der Waals surface area contributed by atoms with Crippen molar-refractivity contribution >= 4 is 74.6 Å². The first-order chi connectivity index (χ1) is 14.5. The first-order valence-corrected chi connectivity index (χ1v) is 11.6. The molecule has 0 atom stereocenters. The van der Waals surface area contributed by atoms with Crippen molar-refractivity contribution in [2.45, 2.75) is 6.61 Å². The van der Waals surface area contributed by atoms with Crippen LogP contribution in [0.2, 0.25) is 5.02 Å². The Hall–Kier alpha value is -1.84. The summed E-state index contributed by atoms with van der Waals surface area (Å²) in [5.74, 6) is 0.998. The zero-order valence-corrected chi connectivity index (χ0v) is 20.6. The fraction of sp³-hybridized carbons (Fsp3) is 0.0417.